The van der Waals surface area contributed by atoms with E-state index in [1.54, 1.807) is 30.3 Å². The van der Waals surface area contributed by atoms with Crippen LogP contribution in [0.1, 0.15) is 11.3 Å². The van der Waals surface area contributed by atoms with Crippen molar-refractivity contribution < 1.29 is 9.21 Å². The summed E-state index contributed by atoms with van der Waals surface area (Å²) >= 11 is 12.1. The minimum Gasteiger partial charge on any atom is -0.455 e. The highest BCUT2D eigenvalue weighted by molar-refractivity contribution is 6.36. The Hall–Kier alpha value is -2.76. The van der Waals surface area contributed by atoms with Crippen LogP contribution in [0, 0.1) is 6.92 Å². The van der Waals surface area contributed by atoms with Gasteiger partial charge < -0.3 is 9.73 Å². The number of hydrogen-bond donors (Lipinski definition) is 2. The number of carbonyl (C=O) groups is 1. The summed E-state index contributed by atoms with van der Waals surface area (Å²) in [5, 5.41) is 7.97. The molecule has 0 unspecified atom stereocenters. The molecule has 2 aromatic carbocycles. The first kappa shape index (κ1) is 19.0. The van der Waals surface area contributed by atoms with Crippen molar-refractivity contribution in [2.75, 3.05) is 11.9 Å². The summed E-state index contributed by atoms with van der Waals surface area (Å²) in [6, 6.07) is 16.5. The summed E-state index contributed by atoms with van der Waals surface area (Å²) < 4.78 is 5.67. The lowest BCUT2D eigenvalue weighted by Gasteiger charge is -2.05. The number of rotatable bonds is 6. The third kappa shape index (κ3) is 5.36. The molecule has 0 aliphatic heterocycles. The van der Waals surface area contributed by atoms with Gasteiger partial charge in [-0.15, -0.1) is 0 Å². The lowest BCUT2D eigenvalue weighted by molar-refractivity contribution is -0.119. The van der Waals surface area contributed by atoms with Crippen molar-refractivity contribution in [2.45, 2.75) is 6.92 Å². The van der Waals surface area contributed by atoms with Crippen LogP contribution in [0.4, 0.5) is 5.69 Å². The van der Waals surface area contributed by atoms with Crippen molar-refractivity contribution in [3.05, 3.63) is 76.0 Å². The number of hydrazone groups is 1. The van der Waals surface area contributed by atoms with Crippen LogP contribution in [-0.2, 0) is 4.79 Å². The van der Waals surface area contributed by atoms with Crippen molar-refractivity contribution >= 4 is 41.0 Å². The normalized spacial score (nSPS) is 10.9. The fourth-order valence-electron chi connectivity index (χ4n) is 2.32. The topological polar surface area (TPSA) is 66.6 Å². The molecule has 3 aromatic rings. The van der Waals surface area contributed by atoms with Gasteiger partial charge in [-0.3, -0.25) is 4.79 Å². The average molecular weight is 402 g/mol. The van der Waals surface area contributed by atoms with Crippen molar-refractivity contribution in [1.29, 1.82) is 0 Å². The molecule has 138 valence electrons. The van der Waals surface area contributed by atoms with E-state index in [-0.39, 0.29) is 12.5 Å². The second-order valence-electron chi connectivity index (χ2n) is 5.84. The summed E-state index contributed by atoms with van der Waals surface area (Å²) in [5.74, 6) is 0.813. The molecule has 0 fully saturated rings. The number of hydrogen-bond acceptors (Lipinski definition) is 4. The van der Waals surface area contributed by atoms with E-state index in [0.29, 0.717) is 21.6 Å². The minimum absolute atomic E-state index is 0.115. The van der Waals surface area contributed by atoms with Gasteiger partial charge in [0, 0.05) is 16.3 Å². The molecule has 3 rings (SSSR count). The SMILES string of the molecule is Cc1ccc(NCC(=O)N/N=C/c2ccc(-c3ccc(Cl)cc3Cl)o2)cc1. The predicted octanol–water partition coefficient (Wildman–Crippen LogP) is 5.12. The Bertz CT molecular complexity index is 966. The van der Waals surface area contributed by atoms with Crippen LogP contribution in [-0.4, -0.2) is 18.7 Å². The first-order chi connectivity index (χ1) is 13.0. The Morgan fingerprint density at radius 2 is 1.89 bits per heavy atom. The van der Waals surface area contributed by atoms with Crippen LogP contribution in [0.25, 0.3) is 11.3 Å². The van der Waals surface area contributed by atoms with E-state index in [9.17, 15) is 4.79 Å². The zero-order valence-electron chi connectivity index (χ0n) is 14.5. The molecule has 27 heavy (non-hydrogen) atoms. The van der Waals surface area contributed by atoms with E-state index in [1.165, 1.54) is 6.21 Å². The van der Waals surface area contributed by atoms with Crippen LogP contribution < -0.4 is 10.7 Å². The third-order valence-electron chi connectivity index (χ3n) is 3.71. The number of nitrogens with zero attached hydrogens (tertiary/aromatic N) is 1. The average Bonchev–Trinajstić information content (AvgIpc) is 3.10. The van der Waals surface area contributed by atoms with Crippen LogP contribution >= 0.6 is 23.2 Å². The Kier molecular flexibility index (Phi) is 6.16. The zero-order chi connectivity index (χ0) is 19.2. The van der Waals surface area contributed by atoms with Crippen LogP contribution in [0.3, 0.4) is 0 Å². The van der Waals surface area contributed by atoms with Gasteiger partial charge in [-0.25, -0.2) is 5.43 Å². The van der Waals surface area contributed by atoms with Crippen molar-refractivity contribution in [3.63, 3.8) is 0 Å². The van der Waals surface area contributed by atoms with Gasteiger partial charge in [0.2, 0.25) is 0 Å². The van der Waals surface area contributed by atoms with Gasteiger partial charge in [-0.1, -0.05) is 40.9 Å². The second-order valence-corrected chi connectivity index (χ2v) is 6.68. The maximum atomic E-state index is 11.8. The highest BCUT2D eigenvalue weighted by atomic mass is 35.5. The standard InChI is InChI=1S/C20H17Cl2N3O2/c1-13-2-5-15(6-3-13)23-12-20(26)25-24-11-16-7-9-19(27-16)17-8-4-14(21)10-18(17)22/h2-11,23H,12H2,1H3,(H,25,26)/b24-11+. The molecule has 0 saturated heterocycles. The molecule has 2 N–H and O–H groups in total. The maximum Gasteiger partial charge on any atom is 0.259 e. The molecule has 0 aliphatic carbocycles. The van der Waals surface area contributed by atoms with Gasteiger partial charge in [0.1, 0.15) is 11.5 Å². The van der Waals surface area contributed by atoms with E-state index < -0.39 is 0 Å². The number of anilines is 1. The van der Waals surface area contributed by atoms with Gasteiger partial charge in [0.05, 0.1) is 17.8 Å². The van der Waals surface area contributed by atoms with Crippen molar-refractivity contribution in [1.82, 2.24) is 5.43 Å². The smallest absolute Gasteiger partial charge is 0.259 e. The molecule has 0 spiro atoms. The zero-order valence-corrected chi connectivity index (χ0v) is 16.0. The van der Waals surface area contributed by atoms with E-state index >= 15 is 0 Å². The summed E-state index contributed by atoms with van der Waals surface area (Å²) in [4.78, 5) is 11.8. The molecule has 1 heterocycles. The number of furan rings is 1. The molecule has 1 aromatic heterocycles. The first-order valence-corrected chi connectivity index (χ1v) is 8.94. The van der Waals surface area contributed by atoms with Gasteiger partial charge in [-0.05, 0) is 49.4 Å². The molecule has 0 atom stereocenters. The Morgan fingerprint density at radius 1 is 1.11 bits per heavy atom. The van der Waals surface area contributed by atoms with Crippen LogP contribution in [0.2, 0.25) is 10.0 Å². The highest BCUT2D eigenvalue weighted by Gasteiger charge is 2.08. The van der Waals surface area contributed by atoms with Crippen LogP contribution in [0.15, 0.2) is 64.1 Å². The molecule has 0 aliphatic rings. The number of aryl methyl sites for hydroxylation is 1. The number of halogens is 2. The van der Waals surface area contributed by atoms with Gasteiger partial charge >= 0.3 is 0 Å². The number of nitrogens with one attached hydrogen (secondary N) is 2. The molecule has 1 amide bonds. The molecule has 7 heteroatoms. The summed E-state index contributed by atoms with van der Waals surface area (Å²) in [7, 11) is 0. The Labute approximate surface area is 167 Å². The van der Waals surface area contributed by atoms with E-state index in [2.05, 4.69) is 15.8 Å². The molecule has 0 radical (unpaired) electrons. The maximum absolute atomic E-state index is 11.8. The molecular weight excluding hydrogens is 385 g/mol. The fraction of sp³-hybridized carbons (Fsp3) is 0.100. The molecular formula is C20H17Cl2N3O2. The summed E-state index contributed by atoms with van der Waals surface area (Å²) in [6.45, 7) is 2.12. The van der Waals surface area contributed by atoms with E-state index in [0.717, 1.165) is 16.8 Å². The number of amides is 1. The number of carbonyl (C=O) groups excluding carboxylic acids is 1. The monoisotopic (exact) mass is 401 g/mol. The summed E-state index contributed by atoms with van der Waals surface area (Å²) in [5.41, 5.74) is 5.20. The first-order valence-electron chi connectivity index (χ1n) is 8.19. The lowest BCUT2D eigenvalue weighted by Crippen LogP contribution is -2.25. The lowest BCUT2D eigenvalue weighted by atomic mass is 10.2. The van der Waals surface area contributed by atoms with E-state index in [4.69, 9.17) is 27.6 Å². The third-order valence-corrected chi connectivity index (χ3v) is 4.26. The quantitative estimate of drug-likeness (QED) is 0.444. The van der Waals surface area contributed by atoms with Crippen molar-refractivity contribution in [2.24, 2.45) is 5.10 Å². The van der Waals surface area contributed by atoms with E-state index in [1.807, 2.05) is 31.2 Å². The van der Waals surface area contributed by atoms with Gasteiger partial charge in [0.25, 0.3) is 5.91 Å². The van der Waals surface area contributed by atoms with Gasteiger partial charge in [0.15, 0.2) is 0 Å². The fourth-order valence-corrected chi connectivity index (χ4v) is 2.82. The Morgan fingerprint density at radius 3 is 2.63 bits per heavy atom. The summed E-state index contributed by atoms with van der Waals surface area (Å²) in [6.07, 6.45) is 1.43. The van der Waals surface area contributed by atoms with Crippen molar-refractivity contribution in [3.8, 4) is 11.3 Å². The number of benzene rings is 2. The molecule has 5 nitrogen and oxygen atoms in total. The largest absolute Gasteiger partial charge is 0.455 e. The molecule has 0 bridgehead atoms. The minimum atomic E-state index is -0.264. The molecule has 0 saturated carbocycles. The Balaban J connectivity index is 1.53. The van der Waals surface area contributed by atoms with Crippen LogP contribution in [0.5, 0.6) is 0 Å². The van der Waals surface area contributed by atoms with Gasteiger partial charge in [-0.2, -0.15) is 5.10 Å². The second kappa shape index (κ2) is 8.75. The highest BCUT2D eigenvalue weighted by Crippen LogP contribution is 2.31. The predicted molar refractivity (Wildman–Crippen MR) is 110 cm³/mol.